The van der Waals surface area contributed by atoms with Gasteiger partial charge in [-0.25, -0.2) is 4.79 Å². The summed E-state index contributed by atoms with van der Waals surface area (Å²) in [4.78, 5) is 25.0. The second-order valence-corrected chi connectivity index (χ2v) is 5.70. The molecule has 1 amide bonds. The van der Waals surface area contributed by atoms with E-state index in [1.807, 2.05) is 0 Å². The molecule has 2 aliphatic rings. The van der Waals surface area contributed by atoms with Crippen LogP contribution in [0.4, 0.5) is 0 Å². The highest BCUT2D eigenvalue weighted by atomic mass is 79.9. The van der Waals surface area contributed by atoms with Crippen LogP contribution in [0.25, 0.3) is 0 Å². The maximum Gasteiger partial charge on any atom is 0.329 e. The summed E-state index contributed by atoms with van der Waals surface area (Å²) in [5, 5.41) is 10.1. The predicted octanol–water partition coefficient (Wildman–Crippen LogP) is 0.293. The largest absolute Gasteiger partial charge is 0.464 e. The highest BCUT2D eigenvalue weighted by Gasteiger charge is 2.60. The van der Waals surface area contributed by atoms with E-state index in [0.29, 0.717) is 6.42 Å². The summed E-state index contributed by atoms with van der Waals surface area (Å²) in [5.41, 5.74) is 0. The normalized spacial score (nSPS) is 39.5. The Labute approximate surface area is 108 Å². The number of nitrogens with zero attached hydrogens (tertiary/aromatic N) is 1. The van der Waals surface area contributed by atoms with Crippen LogP contribution in [-0.2, 0) is 14.3 Å². The van der Waals surface area contributed by atoms with Gasteiger partial charge in [-0.05, 0) is 13.3 Å². The number of likely N-dealkylation sites (tertiary alicyclic amines) is 1. The lowest BCUT2D eigenvalue weighted by atomic mass is 9.97. The summed E-state index contributed by atoms with van der Waals surface area (Å²) in [6, 6.07) is -0.937. The van der Waals surface area contributed by atoms with Gasteiger partial charge in [0.15, 0.2) is 0 Å². The summed E-state index contributed by atoms with van der Waals surface area (Å²) in [6.45, 7) is 3.43. The first-order chi connectivity index (χ1) is 7.99. The third-order valence-electron chi connectivity index (χ3n) is 3.57. The highest BCUT2D eigenvalue weighted by molar-refractivity contribution is 9.09. The van der Waals surface area contributed by atoms with E-state index in [4.69, 9.17) is 4.74 Å². The Balaban J connectivity index is 2.26. The molecule has 0 aromatic carbocycles. The molecule has 96 valence electrons. The topological polar surface area (TPSA) is 66.8 Å². The Morgan fingerprint density at radius 3 is 2.71 bits per heavy atom. The van der Waals surface area contributed by atoms with Crippen molar-refractivity contribution in [3.05, 3.63) is 0 Å². The third-order valence-corrected chi connectivity index (χ3v) is 4.49. The Kier molecular flexibility index (Phi) is 3.45. The van der Waals surface area contributed by atoms with Crippen molar-refractivity contribution in [1.29, 1.82) is 0 Å². The molecule has 0 spiro atoms. The molecule has 17 heavy (non-hydrogen) atoms. The first kappa shape index (κ1) is 12.8. The molecule has 2 fully saturated rings. The molecule has 2 bridgehead atoms. The molecule has 1 heterocycles. The van der Waals surface area contributed by atoms with Gasteiger partial charge in [0, 0.05) is 17.7 Å². The van der Waals surface area contributed by atoms with E-state index in [2.05, 4.69) is 15.9 Å². The fourth-order valence-electron chi connectivity index (χ4n) is 2.97. The molecule has 5 atom stereocenters. The van der Waals surface area contributed by atoms with Gasteiger partial charge in [-0.1, -0.05) is 15.9 Å². The van der Waals surface area contributed by atoms with Crippen LogP contribution in [0.15, 0.2) is 0 Å². The zero-order valence-electron chi connectivity index (χ0n) is 9.80. The number of hydrogen-bond donors (Lipinski definition) is 1. The number of halogens is 1. The summed E-state index contributed by atoms with van der Waals surface area (Å²) in [5.74, 6) is -0.820. The van der Waals surface area contributed by atoms with E-state index in [9.17, 15) is 14.7 Å². The predicted molar refractivity (Wildman–Crippen MR) is 63.6 cm³/mol. The molecular formula is C11H16BrNO4. The van der Waals surface area contributed by atoms with Crippen molar-refractivity contribution in [2.75, 3.05) is 6.61 Å². The molecule has 0 aromatic heterocycles. The van der Waals surface area contributed by atoms with Gasteiger partial charge in [0.05, 0.1) is 18.8 Å². The van der Waals surface area contributed by atoms with Crippen LogP contribution in [0.5, 0.6) is 0 Å². The molecule has 5 nitrogen and oxygen atoms in total. The minimum absolute atomic E-state index is 0.0528. The Hall–Kier alpha value is -0.620. The van der Waals surface area contributed by atoms with Gasteiger partial charge in [-0.2, -0.15) is 0 Å². The van der Waals surface area contributed by atoms with Gasteiger partial charge in [-0.3, -0.25) is 4.79 Å². The van der Waals surface area contributed by atoms with Crippen LogP contribution < -0.4 is 0 Å². The molecule has 0 unspecified atom stereocenters. The monoisotopic (exact) mass is 305 g/mol. The highest BCUT2D eigenvalue weighted by Crippen LogP contribution is 2.46. The van der Waals surface area contributed by atoms with Gasteiger partial charge >= 0.3 is 5.97 Å². The maximum atomic E-state index is 11.9. The van der Waals surface area contributed by atoms with Gasteiger partial charge in [0.1, 0.15) is 6.04 Å². The number of carbonyl (C=O) groups excluding carboxylic acids is 2. The molecule has 1 aliphatic heterocycles. The van der Waals surface area contributed by atoms with Crippen molar-refractivity contribution in [1.82, 2.24) is 4.90 Å². The van der Waals surface area contributed by atoms with Crippen LogP contribution in [0.2, 0.25) is 0 Å². The third kappa shape index (κ3) is 1.87. The van der Waals surface area contributed by atoms with Crippen LogP contribution in [0.3, 0.4) is 0 Å². The Bertz CT molecular complexity index is 348. The Morgan fingerprint density at radius 1 is 1.53 bits per heavy atom. The van der Waals surface area contributed by atoms with Gasteiger partial charge in [0.2, 0.25) is 5.91 Å². The number of hydrogen-bond acceptors (Lipinski definition) is 4. The average Bonchev–Trinajstić information content (AvgIpc) is 2.68. The van der Waals surface area contributed by atoms with Crippen molar-refractivity contribution in [2.45, 2.75) is 43.3 Å². The maximum absolute atomic E-state index is 11.9. The first-order valence-corrected chi connectivity index (χ1v) is 6.68. The fraction of sp³-hybridized carbons (Fsp3) is 0.818. The van der Waals surface area contributed by atoms with Crippen molar-refractivity contribution >= 4 is 27.8 Å². The van der Waals surface area contributed by atoms with E-state index in [0.717, 1.165) is 0 Å². The van der Waals surface area contributed by atoms with Gasteiger partial charge in [-0.15, -0.1) is 0 Å². The Morgan fingerprint density at radius 2 is 2.18 bits per heavy atom. The molecule has 0 aromatic rings. The van der Waals surface area contributed by atoms with E-state index in [1.54, 1.807) is 6.92 Å². The lowest BCUT2D eigenvalue weighted by Crippen LogP contribution is -2.52. The number of esters is 1. The van der Waals surface area contributed by atoms with Crippen molar-refractivity contribution in [2.24, 2.45) is 5.92 Å². The summed E-state index contributed by atoms with van der Waals surface area (Å²) < 4.78 is 4.98. The number of fused-ring (bicyclic) bond motifs is 2. The molecule has 1 saturated carbocycles. The number of aliphatic hydroxyl groups excluding tert-OH is 1. The molecule has 1 saturated heterocycles. The number of aliphatic hydroxyl groups is 1. The van der Waals surface area contributed by atoms with E-state index >= 15 is 0 Å². The van der Waals surface area contributed by atoms with Crippen LogP contribution >= 0.6 is 15.9 Å². The van der Waals surface area contributed by atoms with E-state index < -0.39 is 18.1 Å². The fourth-order valence-corrected chi connectivity index (χ4v) is 3.97. The molecule has 1 N–H and O–H groups in total. The minimum Gasteiger partial charge on any atom is -0.464 e. The van der Waals surface area contributed by atoms with Crippen molar-refractivity contribution in [3.8, 4) is 0 Å². The molecule has 2 rings (SSSR count). The summed E-state index contributed by atoms with van der Waals surface area (Å²) >= 11 is 3.45. The molecule has 0 radical (unpaired) electrons. The summed E-state index contributed by atoms with van der Waals surface area (Å²) in [7, 11) is 0. The quantitative estimate of drug-likeness (QED) is 0.588. The number of ether oxygens (including phenoxy) is 1. The lowest BCUT2D eigenvalue weighted by molar-refractivity contribution is -0.156. The number of rotatable bonds is 2. The number of carbonyl (C=O) groups is 2. The van der Waals surface area contributed by atoms with E-state index in [-0.39, 0.29) is 29.3 Å². The minimum atomic E-state index is -0.641. The second kappa shape index (κ2) is 4.57. The summed E-state index contributed by atoms with van der Waals surface area (Å²) in [6.07, 6.45) is 0.0525. The van der Waals surface area contributed by atoms with Gasteiger partial charge in [0.25, 0.3) is 0 Å². The molecule has 6 heteroatoms. The van der Waals surface area contributed by atoms with Crippen LogP contribution in [0, 0.1) is 5.92 Å². The zero-order chi connectivity index (χ0) is 12.7. The molecule has 1 aliphatic carbocycles. The SMILES string of the molecule is CCOC(=O)[C@H]1[C@@H]2C[C@@H](Br)[C@@H]([C@H]2O)N1C(C)=O. The number of amides is 1. The van der Waals surface area contributed by atoms with Crippen molar-refractivity contribution in [3.63, 3.8) is 0 Å². The zero-order valence-corrected chi connectivity index (χ0v) is 11.4. The smallest absolute Gasteiger partial charge is 0.329 e. The van der Waals surface area contributed by atoms with E-state index in [1.165, 1.54) is 11.8 Å². The van der Waals surface area contributed by atoms with Crippen LogP contribution in [-0.4, -0.2) is 51.5 Å². The average molecular weight is 306 g/mol. The number of piperidine rings is 1. The van der Waals surface area contributed by atoms with Crippen LogP contribution in [0.1, 0.15) is 20.3 Å². The molecular weight excluding hydrogens is 290 g/mol. The number of alkyl halides is 1. The second-order valence-electron chi connectivity index (χ2n) is 4.52. The first-order valence-electron chi connectivity index (χ1n) is 5.76. The lowest BCUT2D eigenvalue weighted by Gasteiger charge is -2.34. The standard InChI is InChI=1S/C11H16BrNO4/c1-3-17-11(16)8-6-4-7(12)9(10(6)15)13(8)5(2)14/h6-10,15H,3-4H2,1-2H3/t6-,7+,8+,9-,10-/m0/s1. The van der Waals surface area contributed by atoms with Gasteiger partial charge < -0.3 is 14.7 Å². The van der Waals surface area contributed by atoms with Crippen molar-refractivity contribution < 1.29 is 19.4 Å².